The van der Waals surface area contributed by atoms with E-state index in [0.717, 1.165) is 0 Å². The molecule has 0 aromatic heterocycles. The smallest absolute Gasteiger partial charge is 0.207 e. The Morgan fingerprint density at radius 1 is 1.38 bits per heavy atom. The lowest BCUT2D eigenvalue weighted by Gasteiger charge is -2.23. The molecule has 0 aliphatic heterocycles. The number of hydrogen-bond donors (Lipinski definition) is 0. The first-order chi connectivity index (χ1) is 9.58. The summed E-state index contributed by atoms with van der Waals surface area (Å²) >= 11 is 5.78. The maximum atomic E-state index is 12.5. The van der Waals surface area contributed by atoms with Gasteiger partial charge >= 0.3 is 6.18 Å². The fourth-order valence-electron chi connectivity index (χ4n) is 1.61. The second-order valence-electron chi connectivity index (χ2n) is 4.30. The number of alkyl halides is 3. The van der Waals surface area contributed by atoms with Crippen molar-refractivity contribution < 1.29 is 21.6 Å². The van der Waals surface area contributed by atoms with Gasteiger partial charge in [0.2, 0.25) is 10.0 Å². The van der Waals surface area contributed by atoms with Gasteiger partial charge in [-0.2, -0.15) is 22.7 Å². The molecule has 0 fully saturated rings. The fraction of sp³-hybridized carbons (Fsp3) is 0.417. The highest BCUT2D eigenvalue weighted by atomic mass is 35.5. The van der Waals surface area contributed by atoms with Crippen molar-refractivity contribution >= 4 is 21.6 Å². The molecule has 0 spiro atoms. The Kier molecular flexibility index (Phi) is 5.61. The molecule has 1 aromatic carbocycles. The first-order valence-corrected chi connectivity index (χ1v) is 7.60. The molecular weight excluding hydrogens is 329 g/mol. The molecule has 1 rings (SSSR count). The Bertz CT molecular complexity index is 653. The maximum Gasteiger partial charge on any atom is 0.402 e. The van der Waals surface area contributed by atoms with Crippen LogP contribution in [-0.2, 0) is 10.0 Å². The minimum atomic E-state index is -4.71. The molecule has 0 atom stereocenters. The number of sulfonamides is 1. The van der Waals surface area contributed by atoms with Crippen LogP contribution in [0.2, 0.25) is 5.02 Å². The molecule has 0 aliphatic rings. The predicted molar refractivity (Wildman–Crippen MR) is 71.2 cm³/mol. The van der Waals surface area contributed by atoms with E-state index in [4.69, 9.17) is 16.9 Å². The quantitative estimate of drug-likeness (QED) is 0.827. The van der Waals surface area contributed by atoms with Crippen LogP contribution in [-0.4, -0.2) is 32.0 Å². The first kappa shape index (κ1) is 17.8. The van der Waals surface area contributed by atoms with E-state index < -0.39 is 34.2 Å². The second kappa shape index (κ2) is 6.64. The van der Waals surface area contributed by atoms with E-state index >= 15 is 0 Å². The zero-order valence-corrected chi connectivity index (χ0v) is 12.6. The number of rotatable bonds is 5. The van der Waals surface area contributed by atoms with E-state index in [-0.39, 0.29) is 15.7 Å². The van der Waals surface area contributed by atoms with Crippen molar-refractivity contribution in [1.29, 1.82) is 5.26 Å². The van der Waals surface area contributed by atoms with E-state index in [9.17, 15) is 21.6 Å². The predicted octanol–water partition coefficient (Wildman–Crippen LogP) is 3.12. The number of hydrogen-bond acceptors (Lipinski definition) is 3. The molecule has 0 bridgehead atoms. The van der Waals surface area contributed by atoms with Crippen molar-refractivity contribution in [3.8, 4) is 6.07 Å². The highest BCUT2D eigenvalue weighted by Crippen LogP contribution is 2.28. The average molecular weight is 341 g/mol. The molecule has 0 N–H and O–H groups in total. The maximum absolute atomic E-state index is 12.5. The van der Waals surface area contributed by atoms with Gasteiger partial charge in [-0.05, 0) is 24.6 Å². The van der Waals surface area contributed by atoms with Crippen LogP contribution in [0.15, 0.2) is 23.1 Å². The number of nitriles is 1. The van der Waals surface area contributed by atoms with Gasteiger partial charge in [0.1, 0.15) is 11.4 Å². The summed E-state index contributed by atoms with van der Waals surface area (Å²) < 4.78 is 62.5. The number of benzene rings is 1. The number of aryl methyl sites for hydroxylation is 1. The van der Waals surface area contributed by atoms with Crippen molar-refractivity contribution in [2.45, 2.75) is 24.4 Å². The lowest BCUT2D eigenvalue weighted by atomic mass is 10.2. The molecule has 21 heavy (non-hydrogen) atoms. The normalized spacial score (nSPS) is 12.4. The summed E-state index contributed by atoms with van der Waals surface area (Å²) in [4.78, 5) is -0.397. The van der Waals surface area contributed by atoms with Crippen molar-refractivity contribution in [3.05, 3.63) is 28.8 Å². The monoisotopic (exact) mass is 340 g/mol. The minimum Gasteiger partial charge on any atom is -0.207 e. The van der Waals surface area contributed by atoms with Gasteiger partial charge in [0.05, 0.1) is 11.1 Å². The van der Waals surface area contributed by atoms with E-state index in [1.165, 1.54) is 12.1 Å². The third-order valence-corrected chi connectivity index (χ3v) is 4.86. The number of nitrogens with zero attached hydrogens (tertiary/aromatic N) is 2. The third kappa shape index (κ3) is 4.88. The molecule has 0 heterocycles. The van der Waals surface area contributed by atoms with Gasteiger partial charge in [0.25, 0.3) is 0 Å². The summed E-state index contributed by atoms with van der Waals surface area (Å²) in [5, 5.41) is 8.31. The molecule has 1 aromatic rings. The number of halogens is 4. The Labute approximate surface area is 125 Å². The van der Waals surface area contributed by atoms with Crippen molar-refractivity contribution in [2.24, 2.45) is 0 Å². The largest absolute Gasteiger partial charge is 0.402 e. The Morgan fingerprint density at radius 2 is 2.00 bits per heavy atom. The van der Waals surface area contributed by atoms with Gasteiger partial charge < -0.3 is 0 Å². The highest BCUT2D eigenvalue weighted by Gasteiger charge is 2.37. The van der Waals surface area contributed by atoms with Crippen LogP contribution in [0.1, 0.15) is 12.0 Å². The molecule has 116 valence electrons. The summed E-state index contributed by atoms with van der Waals surface area (Å²) in [7, 11) is -4.43. The molecule has 0 saturated carbocycles. The lowest BCUT2D eigenvalue weighted by molar-refractivity contribution is -0.136. The zero-order chi connectivity index (χ0) is 16.3. The molecule has 9 heteroatoms. The van der Waals surface area contributed by atoms with Crippen LogP contribution >= 0.6 is 11.6 Å². The minimum absolute atomic E-state index is 0.162. The highest BCUT2D eigenvalue weighted by molar-refractivity contribution is 7.89. The molecule has 4 nitrogen and oxygen atoms in total. The second-order valence-corrected chi connectivity index (χ2v) is 6.61. The molecular formula is C12H12ClF3N2O2S. The summed E-state index contributed by atoms with van der Waals surface area (Å²) in [5.41, 5.74) is 0.546. The van der Waals surface area contributed by atoms with Gasteiger partial charge in [-0.1, -0.05) is 17.7 Å². The zero-order valence-electron chi connectivity index (χ0n) is 11.0. The van der Waals surface area contributed by atoms with E-state index in [0.29, 0.717) is 5.56 Å². The first-order valence-electron chi connectivity index (χ1n) is 5.78. The Morgan fingerprint density at radius 3 is 2.52 bits per heavy atom. The lowest BCUT2D eigenvalue weighted by Crippen LogP contribution is -2.39. The Balaban J connectivity index is 3.26. The Hall–Kier alpha value is -1.30. The molecule has 0 saturated heterocycles. The van der Waals surface area contributed by atoms with Crippen LogP contribution in [0.5, 0.6) is 0 Å². The van der Waals surface area contributed by atoms with Gasteiger partial charge in [-0.15, -0.1) is 0 Å². The van der Waals surface area contributed by atoms with E-state index in [1.54, 1.807) is 19.1 Å². The van der Waals surface area contributed by atoms with Gasteiger partial charge in [-0.3, -0.25) is 0 Å². The van der Waals surface area contributed by atoms with Crippen molar-refractivity contribution in [1.82, 2.24) is 4.31 Å². The van der Waals surface area contributed by atoms with Gasteiger partial charge in [0.15, 0.2) is 0 Å². The van der Waals surface area contributed by atoms with Crippen LogP contribution in [0.25, 0.3) is 0 Å². The molecule has 0 aliphatic carbocycles. The van der Waals surface area contributed by atoms with Crippen LogP contribution in [0.4, 0.5) is 13.2 Å². The topological polar surface area (TPSA) is 61.2 Å². The summed E-state index contributed by atoms with van der Waals surface area (Å²) in [5.74, 6) is 0. The standard InChI is InChI=1S/C12H12ClF3N2O2S/c1-9-3-4-10(13)11(7-9)21(19,20)18(6-2-5-17)8-12(14,15)16/h3-4,7H,2,6,8H2,1H3. The third-order valence-electron chi connectivity index (χ3n) is 2.53. The van der Waals surface area contributed by atoms with E-state index in [1.807, 2.05) is 0 Å². The SMILES string of the molecule is Cc1ccc(Cl)c(S(=O)(=O)N(CCC#N)CC(F)(F)F)c1. The van der Waals surface area contributed by atoms with Crippen LogP contribution in [0, 0.1) is 18.3 Å². The van der Waals surface area contributed by atoms with E-state index in [2.05, 4.69) is 0 Å². The fourth-order valence-corrected chi connectivity index (χ4v) is 3.59. The van der Waals surface area contributed by atoms with Crippen LogP contribution < -0.4 is 0 Å². The summed E-state index contributed by atoms with van der Waals surface area (Å²) in [6, 6.07) is 5.68. The van der Waals surface area contributed by atoms with Crippen molar-refractivity contribution in [2.75, 3.05) is 13.1 Å². The van der Waals surface area contributed by atoms with Gasteiger partial charge in [-0.25, -0.2) is 8.42 Å². The van der Waals surface area contributed by atoms with Gasteiger partial charge in [0, 0.05) is 13.0 Å². The molecule has 0 unspecified atom stereocenters. The summed E-state index contributed by atoms with van der Waals surface area (Å²) in [6.45, 7) is -0.622. The molecule has 0 radical (unpaired) electrons. The van der Waals surface area contributed by atoms with Crippen LogP contribution in [0.3, 0.4) is 0 Å². The average Bonchev–Trinajstić information content (AvgIpc) is 2.35. The molecule has 0 amide bonds. The van der Waals surface area contributed by atoms with Crippen molar-refractivity contribution in [3.63, 3.8) is 0 Å². The summed E-state index contributed by atoms with van der Waals surface area (Å²) in [6.07, 6.45) is -5.06.